The zero-order valence-electron chi connectivity index (χ0n) is 13.1. The summed E-state index contributed by atoms with van der Waals surface area (Å²) in [6.07, 6.45) is 3.60. The lowest BCUT2D eigenvalue weighted by Gasteiger charge is -2.19. The SMILES string of the molecule is CCCOc1nccnc1NS(=O)(=O)c1ccc2c(c1)OCCO2. The number of aromatic nitrogens is 2. The molecule has 1 aromatic heterocycles. The van der Waals surface area contributed by atoms with E-state index in [2.05, 4.69) is 14.7 Å². The Balaban J connectivity index is 1.87. The molecule has 0 saturated heterocycles. The number of benzene rings is 1. The molecule has 0 bridgehead atoms. The van der Waals surface area contributed by atoms with Crippen LogP contribution in [0.15, 0.2) is 35.5 Å². The largest absolute Gasteiger partial charge is 0.486 e. The van der Waals surface area contributed by atoms with E-state index in [1.807, 2.05) is 6.92 Å². The summed E-state index contributed by atoms with van der Waals surface area (Å²) in [5.74, 6) is 1.10. The van der Waals surface area contributed by atoms with E-state index >= 15 is 0 Å². The van der Waals surface area contributed by atoms with Crippen molar-refractivity contribution in [2.24, 2.45) is 0 Å². The Labute approximate surface area is 139 Å². The summed E-state index contributed by atoms with van der Waals surface area (Å²) in [5, 5.41) is 0. The second-order valence-corrected chi connectivity index (χ2v) is 6.65. The molecule has 8 nitrogen and oxygen atoms in total. The van der Waals surface area contributed by atoms with Crippen LogP contribution in [0.4, 0.5) is 5.82 Å². The van der Waals surface area contributed by atoms with Gasteiger partial charge in [0, 0.05) is 18.5 Å². The maximum atomic E-state index is 12.6. The van der Waals surface area contributed by atoms with Gasteiger partial charge < -0.3 is 14.2 Å². The van der Waals surface area contributed by atoms with Crippen LogP contribution in [0, 0.1) is 0 Å². The van der Waals surface area contributed by atoms with Crippen molar-refractivity contribution in [3.63, 3.8) is 0 Å². The number of hydrogen-bond donors (Lipinski definition) is 1. The lowest BCUT2D eigenvalue weighted by Crippen LogP contribution is -2.18. The monoisotopic (exact) mass is 351 g/mol. The topological polar surface area (TPSA) is 99.6 Å². The fraction of sp³-hybridized carbons (Fsp3) is 0.333. The van der Waals surface area contributed by atoms with Crippen molar-refractivity contribution in [3.8, 4) is 17.4 Å². The van der Waals surface area contributed by atoms with Gasteiger partial charge in [-0.2, -0.15) is 0 Å². The average molecular weight is 351 g/mol. The summed E-state index contributed by atoms with van der Waals surface area (Å²) in [7, 11) is -3.86. The molecule has 3 rings (SSSR count). The second-order valence-electron chi connectivity index (χ2n) is 4.97. The number of hydrogen-bond acceptors (Lipinski definition) is 7. The minimum Gasteiger partial charge on any atom is -0.486 e. The van der Waals surface area contributed by atoms with Gasteiger partial charge in [0.05, 0.1) is 11.5 Å². The highest BCUT2D eigenvalue weighted by Gasteiger charge is 2.21. The van der Waals surface area contributed by atoms with Crippen LogP contribution < -0.4 is 18.9 Å². The van der Waals surface area contributed by atoms with E-state index in [0.717, 1.165) is 6.42 Å². The third-order valence-corrected chi connectivity index (χ3v) is 4.50. The Kier molecular flexibility index (Phi) is 4.70. The molecular formula is C15H17N3O5S. The van der Waals surface area contributed by atoms with Crippen LogP contribution in [0.2, 0.25) is 0 Å². The molecule has 0 amide bonds. The molecule has 0 saturated carbocycles. The molecule has 0 atom stereocenters. The van der Waals surface area contributed by atoms with Gasteiger partial charge in [-0.1, -0.05) is 6.92 Å². The first kappa shape index (κ1) is 16.3. The highest BCUT2D eigenvalue weighted by atomic mass is 32.2. The van der Waals surface area contributed by atoms with Crippen LogP contribution in [0.1, 0.15) is 13.3 Å². The van der Waals surface area contributed by atoms with Crippen molar-refractivity contribution in [2.75, 3.05) is 24.5 Å². The molecule has 0 spiro atoms. The van der Waals surface area contributed by atoms with Crippen LogP contribution in [0.25, 0.3) is 0 Å². The average Bonchev–Trinajstić information content (AvgIpc) is 2.60. The summed E-state index contributed by atoms with van der Waals surface area (Å²) in [4.78, 5) is 8.04. The van der Waals surface area contributed by atoms with E-state index < -0.39 is 10.0 Å². The summed E-state index contributed by atoms with van der Waals surface area (Å²) in [6, 6.07) is 4.42. The van der Waals surface area contributed by atoms with Gasteiger partial charge in [-0.15, -0.1) is 0 Å². The first-order chi connectivity index (χ1) is 11.6. The lowest BCUT2D eigenvalue weighted by molar-refractivity contribution is 0.171. The van der Waals surface area contributed by atoms with Crippen LogP contribution in [-0.2, 0) is 10.0 Å². The first-order valence-electron chi connectivity index (χ1n) is 7.46. The molecule has 1 aliphatic rings. The molecule has 24 heavy (non-hydrogen) atoms. The normalized spacial score (nSPS) is 13.4. The molecule has 2 heterocycles. The number of fused-ring (bicyclic) bond motifs is 1. The number of anilines is 1. The summed E-state index contributed by atoms with van der Waals surface area (Å²) in [5.41, 5.74) is 0. The highest BCUT2D eigenvalue weighted by Crippen LogP contribution is 2.33. The summed E-state index contributed by atoms with van der Waals surface area (Å²) < 4.78 is 43.8. The first-order valence-corrected chi connectivity index (χ1v) is 8.95. The lowest BCUT2D eigenvalue weighted by atomic mass is 10.3. The van der Waals surface area contributed by atoms with Crippen LogP contribution >= 0.6 is 0 Å². The zero-order valence-corrected chi connectivity index (χ0v) is 13.9. The Morgan fingerprint density at radius 2 is 1.92 bits per heavy atom. The van der Waals surface area contributed by atoms with E-state index in [4.69, 9.17) is 14.2 Å². The second kappa shape index (κ2) is 6.91. The molecule has 2 aromatic rings. The third-order valence-electron chi connectivity index (χ3n) is 3.16. The van der Waals surface area contributed by atoms with E-state index in [0.29, 0.717) is 31.3 Å². The molecule has 0 fully saturated rings. The quantitative estimate of drug-likeness (QED) is 0.847. The van der Waals surface area contributed by atoms with Crippen molar-refractivity contribution in [1.29, 1.82) is 0 Å². The van der Waals surface area contributed by atoms with Gasteiger partial charge in [0.1, 0.15) is 13.2 Å². The Morgan fingerprint density at radius 1 is 1.17 bits per heavy atom. The number of rotatable bonds is 6. The van der Waals surface area contributed by atoms with Crippen molar-refractivity contribution in [2.45, 2.75) is 18.2 Å². The van der Waals surface area contributed by atoms with Crippen molar-refractivity contribution < 1.29 is 22.6 Å². The third kappa shape index (κ3) is 3.51. The number of nitrogens with one attached hydrogen (secondary N) is 1. The fourth-order valence-electron chi connectivity index (χ4n) is 2.08. The number of nitrogens with zero attached hydrogens (tertiary/aromatic N) is 2. The van der Waals surface area contributed by atoms with Crippen LogP contribution in [-0.4, -0.2) is 38.2 Å². The van der Waals surface area contributed by atoms with Crippen molar-refractivity contribution >= 4 is 15.8 Å². The van der Waals surface area contributed by atoms with Crippen molar-refractivity contribution in [3.05, 3.63) is 30.6 Å². The summed E-state index contributed by atoms with van der Waals surface area (Å²) in [6.45, 7) is 3.17. The standard InChI is InChI=1S/C15H17N3O5S/c1-2-7-23-15-14(16-5-6-17-15)18-24(19,20)11-3-4-12-13(10-11)22-9-8-21-12/h3-6,10H,2,7-9H2,1H3,(H,16,18). The fourth-order valence-corrected chi connectivity index (χ4v) is 3.10. The summed E-state index contributed by atoms with van der Waals surface area (Å²) >= 11 is 0. The van der Waals surface area contributed by atoms with Gasteiger partial charge in [0.25, 0.3) is 15.9 Å². The Bertz CT molecular complexity index is 826. The Hall–Kier alpha value is -2.55. The number of sulfonamides is 1. The van der Waals surface area contributed by atoms with Gasteiger partial charge in [0.15, 0.2) is 11.5 Å². The predicted octanol–water partition coefficient (Wildman–Crippen LogP) is 1.84. The molecule has 0 unspecified atom stereocenters. The maximum absolute atomic E-state index is 12.6. The molecule has 9 heteroatoms. The van der Waals surface area contributed by atoms with E-state index in [1.165, 1.54) is 24.5 Å². The molecule has 1 N–H and O–H groups in total. The van der Waals surface area contributed by atoms with Crippen LogP contribution in [0.5, 0.6) is 17.4 Å². The van der Waals surface area contributed by atoms with Crippen LogP contribution in [0.3, 0.4) is 0 Å². The minimum absolute atomic E-state index is 0.0406. The molecule has 0 radical (unpaired) electrons. The van der Waals surface area contributed by atoms with Gasteiger partial charge >= 0.3 is 0 Å². The molecule has 128 valence electrons. The smallest absolute Gasteiger partial charge is 0.263 e. The zero-order chi connectivity index (χ0) is 17.0. The van der Waals surface area contributed by atoms with Crippen molar-refractivity contribution in [1.82, 2.24) is 9.97 Å². The van der Waals surface area contributed by atoms with E-state index in [-0.39, 0.29) is 16.6 Å². The molecular weight excluding hydrogens is 334 g/mol. The Morgan fingerprint density at radius 3 is 2.71 bits per heavy atom. The minimum atomic E-state index is -3.86. The molecule has 1 aliphatic heterocycles. The van der Waals surface area contributed by atoms with Gasteiger partial charge in [-0.05, 0) is 18.6 Å². The maximum Gasteiger partial charge on any atom is 0.263 e. The molecule has 0 aliphatic carbocycles. The van der Waals surface area contributed by atoms with E-state index in [9.17, 15) is 8.42 Å². The highest BCUT2D eigenvalue weighted by molar-refractivity contribution is 7.92. The van der Waals surface area contributed by atoms with Gasteiger partial charge in [0.2, 0.25) is 5.82 Å². The number of ether oxygens (including phenoxy) is 3. The predicted molar refractivity (Wildman–Crippen MR) is 86.1 cm³/mol. The van der Waals surface area contributed by atoms with Gasteiger partial charge in [-0.3, -0.25) is 4.72 Å². The van der Waals surface area contributed by atoms with E-state index in [1.54, 1.807) is 6.07 Å². The molecule has 1 aromatic carbocycles. The van der Waals surface area contributed by atoms with Gasteiger partial charge in [-0.25, -0.2) is 18.4 Å².